The number of alkyl halides is 2. The van der Waals surface area contributed by atoms with Gasteiger partial charge in [0.15, 0.2) is 11.6 Å². The maximum absolute atomic E-state index is 12.6. The van der Waals surface area contributed by atoms with Gasteiger partial charge in [-0.1, -0.05) is 0 Å². The van der Waals surface area contributed by atoms with Crippen molar-refractivity contribution in [1.29, 1.82) is 0 Å². The Balaban J connectivity index is 3.18. The second kappa shape index (κ2) is 4.73. The molecule has 0 radical (unpaired) electrons. The average Bonchev–Trinajstić information content (AvgIpc) is 2.23. The zero-order valence-corrected chi connectivity index (χ0v) is 8.41. The Hall–Kier alpha value is -1.92. The number of ether oxygens (including phenoxy) is 1. The number of aromatic hydroxyl groups is 1. The molecule has 88 valence electrons. The highest BCUT2D eigenvalue weighted by molar-refractivity contribution is 5.73. The number of anilines is 1. The molecule has 1 aromatic heterocycles. The lowest BCUT2D eigenvalue weighted by molar-refractivity contribution is -0.139. The smallest absolute Gasteiger partial charge is 0.310 e. The van der Waals surface area contributed by atoms with Crippen molar-refractivity contribution in [2.24, 2.45) is 0 Å². The molecule has 1 rings (SSSR count). The van der Waals surface area contributed by atoms with E-state index in [1.54, 1.807) is 0 Å². The summed E-state index contributed by atoms with van der Waals surface area (Å²) in [5.41, 5.74) is 4.39. The number of esters is 1. The second-order valence-electron chi connectivity index (χ2n) is 2.98. The normalized spacial score (nSPS) is 10.5. The predicted molar refractivity (Wildman–Crippen MR) is 51.0 cm³/mol. The molecule has 0 amide bonds. The summed E-state index contributed by atoms with van der Waals surface area (Å²) in [7, 11) is 1.13. The van der Waals surface area contributed by atoms with Gasteiger partial charge in [0.2, 0.25) is 0 Å². The van der Waals surface area contributed by atoms with Crippen LogP contribution in [-0.2, 0) is 16.0 Å². The van der Waals surface area contributed by atoms with Crippen molar-refractivity contribution in [1.82, 2.24) is 4.98 Å². The van der Waals surface area contributed by atoms with Gasteiger partial charge in [0.05, 0.1) is 19.1 Å². The standard InChI is InChI=1S/C9H10F2N2O3/c1-16-5(14)2-4-3-13-9(12)7(15)6(4)8(10)11/h3,8,15H,2H2,1H3,(H2,12,13). The topological polar surface area (TPSA) is 85.4 Å². The van der Waals surface area contributed by atoms with Gasteiger partial charge in [0.25, 0.3) is 6.43 Å². The lowest BCUT2D eigenvalue weighted by Crippen LogP contribution is -2.09. The second-order valence-corrected chi connectivity index (χ2v) is 2.98. The van der Waals surface area contributed by atoms with Gasteiger partial charge >= 0.3 is 5.97 Å². The van der Waals surface area contributed by atoms with Crippen molar-refractivity contribution < 1.29 is 23.4 Å². The third-order valence-corrected chi connectivity index (χ3v) is 1.98. The van der Waals surface area contributed by atoms with Crippen molar-refractivity contribution in [2.75, 3.05) is 12.8 Å². The summed E-state index contributed by atoms with van der Waals surface area (Å²) in [5.74, 6) is -1.90. The van der Waals surface area contributed by atoms with Crippen LogP contribution in [0, 0.1) is 0 Å². The summed E-state index contributed by atoms with van der Waals surface area (Å²) in [5, 5.41) is 9.31. The highest BCUT2D eigenvalue weighted by Gasteiger charge is 2.22. The number of nitrogens with zero attached hydrogens (tertiary/aromatic N) is 1. The Morgan fingerprint density at radius 1 is 1.69 bits per heavy atom. The predicted octanol–water partition coefficient (Wildman–Crippen LogP) is 1.02. The van der Waals surface area contributed by atoms with Crippen LogP contribution in [0.15, 0.2) is 6.20 Å². The van der Waals surface area contributed by atoms with E-state index in [0.717, 1.165) is 13.3 Å². The van der Waals surface area contributed by atoms with Crippen molar-refractivity contribution >= 4 is 11.8 Å². The molecule has 1 heterocycles. The summed E-state index contributed by atoms with van der Waals surface area (Å²) in [6.45, 7) is 0. The first-order chi connectivity index (χ1) is 7.47. The van der Waals surface area contributed by atoms with Gasteiger partial charge in [-0.05, 0) is 5.56 Å². The molecular formula is C9H10F2N2O3. The summed E-state index contributed by atoms with van der Waals surface area (Å²) in [4.78, 5) is 14.4. The van der Waals surface area contributed by atoms with Crippen molar-refractivity contribution in [3.05, 3.63) is 17.3 Å². The maximum Gasteiger partial charge on any atom is 0.310 e. The monoisotopic (exact) mass is 232 g/mol. The van der Waals surface area contributed by atoms with Crippen LogP contribution in [0.3, 0.4) is 0 Å². The number of aromatic nitrogens is 1. The van der Waals surface area contributed by atoms with E-state index in [1.807, 2.05) is 0 Å². The number of hydrogen-bond donors (Lipinski definition) is 2. The number of rotatable bonds is 3. The molecule has 16 heavy (non-hydrogen) atoms. The van der Waals surface area contributed by atoms with E-state index < -0.39 is 35.9 Å². The Bertz CT molecular complexity index is 410. The molecule has 0 aromatic carbocycles. The van der Waals surface area contributed by atoms with Gasteiger partial charge in [0, 0.05) is 6.20 Å². The van der Waals surface area contributed by atoms with Gasteiger partial charge in [-0.25, -0.2) is 13.8 Å². The SMILES string of the molecule is COC(=O)Cc1cnc(N)c(O)c1C(F)F. The van der Waals surface area contributed by atoms with Crippen molar-refractivity contribution in [3.8, 4) is 5.75 Å². The highest BCUT2D eigenvalue weighted by atomic mass is 19.3. The average molecular weight is 232 g/mol. The molecule has 5 nitrogen and oxygen atoms in total. The van der Waals surface area contributed by atoms with Gasteiger partial charge in [-0.2, -0.15) is 0 Å². The van der Waals surface area contributed by atoms with Crippen LogP contribution in [0.5, 0.6) is 5.75 Å². The fourth-order valence-electron chi connectivity index (χ4n) is 1.18. The molecule has 0 aliphatic heterocycles. The van der Waals surface area contributed by atoms with Gasteiger partial charge in [-0.15, -0.1) is 0 Å². The lowest BCUT2D eigenvalue weighted by atomic mass is 10.1. The molecule has 0 atom stereocenters. The molecule has 0 saturated heterocycles. The quantitative estimate of drug-likeness (QED) is 0.760. The summed E-state index contributed by atoms with van der Waals surface area (Å²) < 4.78 is 29.6. The number of nitrogen functional groups attached to an aromatic ring is 1. The number of carbonyl (C=O) groups excluding carboxylic acids is 1. The first kappa shape index (κ1) is 12.2. The Morgan fingerprint density at radius 2 is 2.31 bits per heavy atom. The molecule has 0 unspecified atom stereocenters. The van der Waals surface area contributed by atoms with E-state index in [9.17, 15) is 18.7 Å². The van der Waals surface area contributed by atoms with E-state index in [1.165, 1.54) is 0 Å². The summed E-state index contributed by atoms with van der Waals surface area (Å²) in [6, 6.07) is 0. The van der Waals surface area contributed by atoms with E-state index in [0.29, 0.717) is 0 Å². The zero-order valence-electron chi connectivity index (χ0n) is 8.41. The van der Waals surface area contributed by atoms with E-state index in [4.69, 9.17) is 5.73 Å². The van der Waals surface area contributed by atoms with Gasteiger partial charge in [0.1, 0.15) is 0 Å². The minimum absolute atomic E-state index is 0.103. The fraction of sp³-hybridized carbons (Fsp3) is 0.333. The lowest BCUT2D eigenvalue weighted by Gasteiger charge is -2.10. The Labute approximate surface area is 89.9 Å². The van der Waals surface area contributed by atoms with Gasteiger partial charge < -0.3 is 15.6 Å². The Morgan fingerprint density at radius 3 is 2.81 bits per heavy atom. The van der Waals surface area contributed by atoms with Crippen LogP contribution in [0.25, 0.3) is 0 Å². The molecule has 0 aliphatic carbocycles. The minimum atomic E-state index is -2.94. The molecule has 0 fully saturated rings. The number of methoxy groups -OCH3 is 1. The number of carbonyl (C=O) groups is 1. The number of halogens is 2. The molecular weight excluding hydrogens is 222 g/mol. The fourth-order valence-corrected chi connectivity index (χ4v) is 1.18. The molecule has 1 aromatic rings. The van der Waals surface area contributed by atoms with E-state index in [2.05, 4.69) is 9.72 Å². The first-order valence-corrected chi connectivity index (χ1v) is 4.28. The van der Waals surface area contributed by atoms with Crippen LogP contribution in [-0.4, -0.2) is 23.2 Å². The number of pyridine rings is 1. The molecule has 0 saturated carbocycles. The Kier molecular flexibility index (Phi) is 3.60. The molecule has 0 aliphatic rings. The highest BCUT2D eigenvalue weighted by Crippen LogP contribution is 2.34. The van der Waals surface area contributed by atoms with E-state index in [-0.39, 0.29) is 5.56 Å². The van der Waals surface area contributed by atoms with Crippen molar-refractivity contribution in [3.63, 3.8) is 0 Å². The van der Waals surface area contributed by atoms with Crippen molar-refractivity contribution in [2.45, 2.75) is 12.8 Å². The maximum atomic E-state index is 12.6. The van der Waals surface area contributed by atoms with Gasteiger partial charge in [-0.3, -0.25) is 4.79 Å². The van der Waals surface area contributed by atoms with Crippen LogP contribution < -0.4 is 5.73 Å². The molecule has 3 N–H and O–H groups in total. The number of hydrogen-bond acceptors (Lipinski definition) is 5. The van der Waals surface area contributed by atoms with Crippen LogP contribution in [0.1, 0.15) is 17.6 Å². The molecule has 0 bridgehead atoms. The largest absolute Gasteiger partial charge is 0.504 e. The van der Waals surface area contributed by atoms with E-state index >= 15 is 0 Å². The molecule has 7 heteroatoms. The van der Waals surface area contributed by atoms with Crippen LogP contribution >= 0.6 is 0 Å². The summed E-state index contributed by atoms with van der Waals surface area (Å²) in [6.07, 6.45) is -2.31. The zero-order chi connectivity index (χ0) is 12.3. The van der Waals surface area contributed by atoms with Crippen LogP contribution in [0.2, 0.25) is 0 Å². The minimum Gasteiger partial charge on any atom is -0.504 e. The number of nitrogens with two attached hydrogens (primary N) is 1. The first-order valence-electron chi connectivity index (χ1n) is 4.28. The third kappa shape index (κ3) is 2.36. The third-order valence-electron chi connectivity index (χ3n) is 1.98. The summed E-state index contributed by atoms with van der Waals surface area (Å²) >= 11 is 0. The van der Waals surface area contributed by atoms with Crippen LogP contribution in [0.4, 0.5) is 14.6 Å². The molecule has 0 spiro atoms.